The van der Waals surface area contributed by atoms with E-state index in [2.05, 4.69) is 5.32 Å². The lowest BCUT2D eigenvalue weighted by Gasteiger charge is -2.10. The summed E-state index contributed by atoms with van der Waals surface area (Å²) in [7, 11) is 0. The fraction of sp³-hybridized carbons (Fsp3) is 0.750. The zero-order valence-corrected chi connectivity index (χ0v) is 8.03. The molecule has 0 unspecified atom stereocenters. The van der Waals surface area contributed by atoms with Crippen LogP contribution >= 0.6 is 0 Å². The van der Waals surface area contributed by atoms with Crippen molar-refractivity contribution < 1.29 is 19.4 Å². The number of carboxylic acid groups (broad SMARTS) is 1. The van der Waals surface area contributed by atoms with E-state index in [-0.39, 0.29) is 12.5 Å². The molecule has 0 aromatic rings. The highest BCUT2D eigenvalue weighted by Crippen LogP contribution is 1.93. The topological polar surface area (TPSA) is 75.6 Å². The molecule has 2 N–H and O–H groups in total. The van der Waals surface area contributed by atoms with Crippen LogP contribution in [-0.2, 0) is 9.53 Å². The Bertz CT molecular complexity index is 191. The first kappa shape index (κ1) is 11.7. The molecule has 0 aromatic heterocycles. The molecule has 0 aliphatic carbocycles. The molecule has 0 aromatic carbocycles. The van der Waals surface area contributed by atoms with Crippen molar-refractivity contribution in [2.75, 3.05) is 6.61 Å². The molecule has 0 bridgehead atoms. The van der Waals surface area contributed by atoms with Gasteiger partial charge in [-0.3, -0.25) is 4.79 Å². The van der Waals surface area contributed by atoms with Crippen molar-refractivity contribution in [2.45, 2.75) is 26.8 Å². The van der Waals surface area contributed by atoms with Crippen LogP contribution in [0.1, 0.15) is 20.8 Å². The first-order chi connectivity index (χ1) is 5.93. The maximum atomic E-state index is 10.9. The SMILES string of the molecule is CC(C)COC(=O)N[C@@H](C)C(=O)O. The van der Waals surface area contributed by atoms with Crippen molar-refractivity contribution in [3.05, 3.63) is 0 Å². The third kappa shape index (κ3) is 5.95. The molecule has 0 heterocycles. The maximum Gasteiger partial charge on any atom is 0.407 e. The number of alkyl carbamates (subject to hydrolysis) is 1. The van der Waals surface area contributed by atoms with Crippen molar-refractivity contribution >= 4 is 12.1 Å². The Morgan fingerprint density at radius 2 is 1.92 bits per heavy atom. The first-order valence-corrected chi connectivity index (χ1v) is 4.09. The van der Waals surface area contributed by atoms with Crippen LogP contribution in [0.5, 0.6) is 0 Å². The Morgan fingerprint density at radius 3 is 2.31 bits per heavy atom. The van der Waals surface area contributed by atoms with Crippen LogP contribution in [0.4, 0.5) is 4.79 Å². The number of rotatable bonds is 4. The second-order valence-electron chi connectivity index (χ2n) is 3.20. The summed E-state index contributed by atoms with van der Waals surface area (Å²) in [6.07, 6.45) is -0.691. The van der Waals surface area contributed by atoms with E-state index < -0.39 is 18.1 Å². The molecule has 0 spiro atoms. The predicted octanol–water partition coefficient (Wildman–Crippen LogP) is 0.842. The molecule has 0 radical (unpaired) electrons. The Balaban J connectivity index is 3.68. The van der Waals surface area contributed by atoms with E-state index in [1.807, 2.05) is 13.8 Å². The summed E-state index contributed by atoms with van der Waals surface area (Å²) in [5.41, 5.74) is 0. The lowest BCUT2D eigenvalue weighted by molar-refractivity contribution is -0.138. The van der Waals surface area contributed by atoms with Crippen LogP contribution < -0.4 is 5.32 Å². The molecular formula is C8H15NO4. The van der Waals surface area contributed by atoms with E-state index in [1.54, 1.807) is 0 Å². The average molecular weight is 189 g/mol. The molecule has 0 aliphatic heterocycles. The Hall–Kier alpha value is -1.26. The predicted molar refractivity (Wildman–Crippen MR) is 46.4 cm³/mol. The molecule has 76 valence electrons. The molecule has 0 fully saturated rings. The van der Waals surface area contributed by atoms with Gasteiger partial charge >= 0.3 is 12.1 Å². The number of ether oxygens (including phenoxy) is 1. The molecule has 13 heavy (non-hydrogen) atoms. The molecule has 0 saturated carbocycles. The van der Waals surface area contributed by atoms with Gasteiger partial charge in [0, 0.05) is 0 Å². The van der Waals surface area contributed by atoms with Crippen LogP contribution in [0.15, 0.2) is 0 Å². The molecule has 5 heteroatoms. The molecule has 0 aliphatic rings. The molecule has 1 atom stereocenters. The molecule has 5 nitrogen and oxygen atoms in total. The normalized spacial score (nSPS) is 12.3. The zero-order valence-electron chi connectivity index (χ0n) is 8.03. The minimum absolute atomic E-state index is 0.242. The number of carboxylic acids is 1. The highest BCUT2D eigenvalue weighted by Gasteiger charge is 2.14. The largest absolute Gasteiger partial charge is 0.480 e. The average Bonchev–Trinajstić information content (AvgIpc) is 2.00. The van der Waals surface area contributed by atoms with Crippen LogP contribution in [0.3, 0.4) is 0 Å². The lowest BCUT2D eigenvalue weighted by Crippen LogP contribution is -2.39. The summed E-state index contributed by atoms with van der Waals surface area (Å²) in [5.74, 6) is -0.840. The fourth-order valence-electron chi connectivity index (χ4n) is 0.523. The molecule has 1 amide bonds. The second kappa shape index (κ2) is 5.40. The van der Waals surface area contributed by atoms with Gasteiger partial charge in [0.15, 0.2) is 0 Å². The minimum Gasteiger partial charge on any atom is -0.480 e. The lowest BCUT2D eigenvalue weighted by atomic mass is 10.2. The van der Waals surface area contributed by atoms with Gasteiger partial charge in [-0.2, -0.15) is 0 Å². The van der Waals surface area contributed by atoms with Crippen LogP contribution in [0.2, 0.25) is 0 Å². The van der Waals surface area contributed by atoms with E-state index in [1.165, 1.54) is 6.92 Å². The van der Waals surface area contributed by atoms with Gasteiger partial charge in [-0.25, -0.2) is 4.79 Å². The molecule has 0 rings (SSSR count). The van der Waals surface area contributed by atoms with Gasteiger partial charge < -0.3 is 15.2 Å². The van der Waals surface area contributed by atoms with E-state index in [0.717, 1.165) is 0 Å². The van der Waals surface area contributed by atoms with E-state index in [4.69, 9.17) is 9.84 Å². The standard InChI is InChI=1S/C8H15NO4/c1-5(2)4-13-8(12)9-6(3)7(10)11/h5-6H,4H2,1-3H3,(H,9,12)(H,10,11)/t6-/m0/s1. The van der Waals surface area contributed by atoms with Gasteiger partial charge in [-0.05, 0) is 12.8 Å². The Kier molecular flexibility index (Phi) is 4.87. The third-order valence-electron chi connectivity index (χ3n) is 1.25. The Labute approximate surface area is 77.1 Å². The van der Waals surface area contributed by atoms with Gasteiger partial charge in [0.05, 0.1) is 6.61 Å². The summed E-state index contributed by atoms with van der Waals surface area (Å²) in [6.45, 7) is 5.46. The number of aliphatic carboxylic acids is 1. The highest BCUT2D eigenvalue weighted by atomic mass is 16.5. The summed E-state index contributed by atoms with van der Waals surface area (Å²) >= 11 is 0. The van der Waals surface area contributed by atoms with Gasteiger partial charge in [0.25, 0.3) is 0 Å². The summed E-state index contributed by atoms with van der Waals surface area (Å²) < 4.78 is 4.71. The summed E-state index contributed by atoms with van der Waals surface area (Å²) in [6, 6.07) is -0.917. The van der Waals surface area contributed by atoms with Gasteiger partial charge in [0.1, 0.15) is 6.04 Å². The van der Waals surface area contributed by atoms with E-state index >= 15 is 0 Å². The smallest absolute Gasteiger partial charge is 0.407 e. The zero-order chi connectivity index (χ0) is 10.4. The highest BCUT2D eigenvalue weighted by molar-refractivity contribution is 5.79. The van der Waals surface area contributed by atoms with Gasteiger partial charge in [-0.15, -0.1) is 0 Å². The molecule has 0 saturated heterocycles. The quantitative estimate of drug-likeness (QED) is 0.687. The number of hydrogen-bond donors (Lipinski definition) is 2. The summed E-state index contributed by atoms with van der Waals surface area (Å²) in [4.78, 5) is 21.2. The summed E-state index contributed by atoms with van der Waals surface area (Å²) in [5, 5.41) is 10.6. The van der Waals surface area contributed by atoms with Gasteiger partial charge in [-0.1, -0.05) is 13.8 Å². The third-order valence-corrected chi connectivity index (χ3v) is 1.25. The molecular weight excluding hydrogens is 174 g/mol. The van der Waals surface area contributed by atoms with Crippen LogP contribution in [0, 0.1) is 5.92 Å². The Morgan fingerprint density at radius 1 is 1.38 bits per heavy atom. The van der Waals surface area contributed by atoms with Crippen molar-refractivity contribution in [2.24, 2.45) is 5.92 Å². The fourth-order valence-corrected chi connectivity index (χ4v) is 0.523. The van der Waals surface area contributed by atoms with Gasteiger partial charge in [0.2, 0.25) is 0 Å². The second-order valence-corrected chi connectivity index (χ2v) is 3.20. The van der Waals surface area contributed by atoms with Crippen molar-refractivity contribution in [1.29, 1.82) is 0 Å². The monoisotopic (exact) mass is 189 g/mol. The number of amides is 1. The maximum absolute atomic E-state index is 10.9. The van der Waals surface area contributed by atoms with E-state index in [9.17, 15) is 9.59 Å². The van der Waals surface area contributed by atoms with Crippen molar-refractivity contribution in [1.82, 2.24) is 5.32 Å². The number of nitrogens with one attached hydrogen (secondary N) is 1. The minimum atomic E-state index is -1.08. The number of hydrogen-bond acceptors (Lipinski definition) is 3. The van der Waals surface area contributed by atoms with Crippen molar-refractivity contribution in [3.63, 3.8) is 0 Å². The number of carbonyl (C=O) groups is 2. The van der Waals surface area contributed by atoms with Crippen molar-refractivity contribution in [3.8, 4) is 0 Å². The first-order valence-electron chi connectivity index (χ1n) is 4.09. The van der Waals surface area contributed by atoms with Crippen LogP contribution in [-0.4, -0.2) is 29.8 Å². The number of carbonyl (C=O) groups excluding carboxylic acids is 1. The van der Waals surface area contributed by atoms with E-state index in [0.29, 0.717) is 0 Å². The van der Waals surface area contributed by atoms with Crippen LogP contribution in [0.25, 0.3) is 0 Å².